The number of rotatable bonds is 6. The van der Waals surface area contributed by atoms with E-state index in [2.05, 4.69) is 5.32 Å². The summed E-state index contributed by atoms with van der Waals surface area (Å²) in [5, 5.41) is 2.97. The fraction of sp³-hybridized carbons (Fsp3) is 0.529. The van der Waals surface area contributed by atoms with Crippen molar-refractivity contribution in [3.8, 4) is 0 Å². The highest BCUT2D eigenvalue weighted by Gasteiger charge is 2.26. The molecule has 0 aromatic heterocycles. The van der Waals surface area contributed by atoms with Crippen molar-refractivity contribution < 1.29 is 14.3 Å². The van der Waals surface area contributed by atoms with Crippen LogP contribution in [-0.4, -0.2) is 18.4 Å². The van der Waals surface area contributed by atoms with Crippen LogP contribution in [0.4, 0.5) is 4.79 Å². The van der Waals surface area contributed by atoms with E-state index in [1.165, 1.54) is 6.42 Å². The first-order valence-electron chi connectivity index (χ1n) is 7.70. The Morgan fingerprint density at radius 3 is 2.76 bits per heavy atom. The Kier molecular flexibility index (Phi) is 6.25. The molecule has 0 bridgehead atoms. The molecule has 1 aromatic carbocycles. The third-order valence-electron chi connectivity index (χ3n) is 4.08. The first kappa shape index (κ1) is 15.5. The van der Waals surface area contributed by atoms with Gasteiger partial charge in [-0.1, -0.05) is 43.2 Å². The van der Waals surface area contributed by atoms with E-state index in [1.54, 1.807) is 0 Å². The van der Waals surface area contributed by atoms with Crippen molar-refractivity contribution in [2.45, 2.75) is 51.2 Å². The molecule has 114 valence electrons. The molecule has 2 rings (SSSR count). The minimum Gasteiger partial charge on any atom is -0.445 e. The minimum absolute atomic E-state index is 0.141. The normalized spacial score (nSPS) is 21.5. The molecule has 1 amide bonds. The Labute approximate surface area is 125 Å². The Balaban J connectivity index is 1.78. The predicted octanol–water partition coefficient (Wildman–Crippen LogP) is 3.45. The number of benzene rings is 1. The first-order valence-corrected chi connectivity index (χ1v) is 7.70. The lowest BCUT2D eigenvalue weighted by atomic mass is 9.82. The number of hydrogen-bond donors (Lipinski definition) is 1. The van der Waals surface area contributed by atoms with Crippen LogP contribution in [0.1, 0.15) is 44.1 Å². The van der Waals surface area contributed by atoms with Crippen LogP contribution in [0.3, 0.4) is 0 Å². The van der Waals surface area contributed by atoms with Crippen LogP contribution in [0.15, 0.2) is 30.3 Å². The van der Waals surface area contributed by atoms with Crippen molar-refractivity contribution >= 4 is 12.4 Å². The maximum atomic E-state index is 11.9. The van der Waals surface area contributed by atoms with Gasteiger partial charge in [0.05, 0.1) is 0 Å². The summed E-state index contributed by atoms with van der Waals surface area (Å²) < 4.78 is 5.26. The van der Waals surface area contributed by atoms with Gasteiger partial charge in [0, 0.05) is 12.5 Å². The Morgan fingerprint density at radius 2 is 2.00 bits per heavy atom. The van der Waals surface area contributed by atoms with Gasteiger partial charge in [-0.2, -0.15) is 0 Å². The molecule has 21 heavy (non-hydrogen) atoms. The molecule has 1 aliphatic carbocycles. The van der Waals surface area contributed by atoms with Gasteiger partial charge in [0.25, 0.3) is 0 Å². The number of amides is 1. The third kappa shape index (κ3) is 5.21. The monoisotopic (exact) mass is 289 g/mol. The SMILES string of the molecule is O=CCCC1CCCCC1NC(=O)OCc1ccccc1. The number of nitrogens with one attached hydrogen (secondary N) is 1. The fourth-order valence-electron chi connectivity index (χ4n) is 2.94. The zero-order valence-electron chi connectivity index (χ0n) is 12.3. The van der Waals surface area contributed by atoms with Crippen molar-refractivity contribution in [1.29, 1.82) is 0 Å². The van der Waals surface area contributed by atoms with Crippen LogP contribution >= 0.6 is 0 Å². The fourth-order valence-corrected chi connectivity index (χ4v) is 2.94. The minimum atomic E-state index is -0.359. The number of alkyl carbamates (subject to hydrolysis) is 1. The van der Waals surface area contributed by atoms with Crippen LogP contribution in [0.25, 0.3) is 0 Å². The van der Waals surface area contributed by atoms with Gasteiger partial charge in [0.15, 0.2) is 0 Å². The molecule has 0 aliphatic heterocycles. The summed E-state index contributed by atoms with van der Waals surface area (Å²) in [6.07, 6.45) is 6.39. The third-order valence-corrected chi connectivity index (χ3v) is 4.08. The van der Waals surface area contributed by atoms with E-state index < -0.39 is 0 Å². The molecule has 1 aromatic rings. The maximum Gasteiger partial charge on any atom is 0.407 e. The van der Waals surface area contributed by atoms with Crippen molar-refractivity contribution in [3.63, 3.8) is 0 Å². The summed E-state index contributed by atoms with van der Waals surface area (Å²) in [7, 11) is 0. The Hall–Kier alpha value is -1.84. The lowest BCUT2D eigenvalue weighted by molar-refractivity contribution is -0.108. The quantitative estimate of drug-likeness (QED) is 0.816. The molecule has 0 saturated heterocycles. The van der Waals surface area contributed by atoms with E-state index in [0.29, 0.717) is 18.9 Å². The van der Waals surface area contributed by atoms with Crippen LogP contribution in [0.5, 0.6) is 0 Å². The molecule has 1 saturated carbocycles. The number of ether oxygens (including phenoxy) is 1. The summed E-state index contributed by atoms with van der Waals surface area (Å²) in [4.78, 5) is 22.4. The summed E-state index contributed by atoms with van der Waals surface area (Å²) in [5.41, 5.74) is 0.980. The molecular weight excluding hydrogens is 266 g/mol. The number of aldehydes is 1. The van der Waals surface area contributed by atoms with Crippen LogP contribution in [0.2, 0.25) is 0 Å². The molecule has 0 radical (unpaired) electrons. The zero-order valence-corrected chi connectivity index (χ0v) is 12.3. The average Bonchev–Trinajstić information content (AvgIpc) is 2.53. The van der Waals surface area contributed by atoms with Crippen molar-refractivity contribution in [2.75, 3.05) is 0 Å². The van der Waals surface area contributed by atoms with E-state index in [-0.39, 0.29) is 12.1 Å². The van der Waals surface area contributed by atoms with Gasteiger partial charge in [0.1, 0.15) is 12.9 Å². The smallest absolute Gasteiger partial charge is 0.407 e. The molecule has 4 heteroatoms. The van der Waals surface area contributed by atoms with Gasteiger partial charge in [-0.25, -0.2) is 4.79 Å². The second-order valence-electron chi connectivity index (χ2n) is 5.60. The van der Waals surface area contributed by atoms with E-state index in [9.17, 15) is 9.59 Å². The molecule has 2 atom stereocenters. The summed E-state index contributed by atoms with van der Waals surface area (Å²) in [6, 6.07) is 9.78. The first-order chi connectivity index (χ1) is 10.3. The van der Waals surface area contributed by atoms with E-state index in [1.807, 2.05) is 30.3 Å². The number of carbonyl (C=O) groups excluding carboxylic acids is 2. The molecular formula is C17H23NO3. The van der Waals surface area contributed by atoms with Crippen molar-refractivity contribution in [2.24, 2.45) is 5.92 Å². The summed E-state index contributed by atoms with van der Waals surface area (Å²) in [5.74, 6) is 0.397. The average molecular weight is 289 g/mol. The van der Waals surface area contributed by atoms with Gasteiger partial charge < -0.3 is 14.8 Å². The van der Waals surface area contributed by atoms with Crippen molar-refractivity contribution in [3.05, 3.63) is 35.9 Å². The molecule has 1 N–H and O–H groups in total. The van der Waals surface area contributed by atoms with Crippen LogP contribution in [-0.2, 0) is 16.1 Å². The molecule has 1 aliphatic rings. The highest BCUT2D eigenvalue weighted by molar-refractivity contribution is 5.67. The van der Waals surface area contributed by atoms with Gasteiger partial charge in [-0.15, -0.1) is 0 Å². The lowest BCUT2D eigenvalue weighted by Crippen LogP contribution is -2.42. The topological polar surface area (TPSA) is 55.4 Å². The molecule has 2 unspecified atom stereocenters. The van der Waals surface area contributed by atoms with Gasteiger partial charge in [-0.05, 0) is 30.7 Å². The maximum absolute atomic E-state index is 11.9. The van der Waals surface area contributed by atoms with Crippen LogP contribution < -0.4 is 5.32 Å². The van der Waals surface area contributed by atoms with Crippen molar-refractivity contribution in [1.82, 2.24) is 5.32 Å². The standard InChI is InChI=1S/C17H23NO3/c19-12-6-10-15-9-4-5-11-16(15)18-17(20)21-13-14-7-2-1-3-8-14/h1-3,7-8,12,15-16H,4-6,9-11,13H2,(H,18,20). The Morgan fingerprint density at radius 1 is 1.24 bits per heavy atom. The van der Waals surface area contributed by atoms with Gasteiger partial charge in [0.2, 0.25) is 0 Å². The van der Waals surface area contributed by atoms with Gasteiger partial charge in [-0.3, -0.25) is 0 Å². The molecule has 0 spiro atoms. The Bertz CT molecular complexity index is 447. The summed E-state index contributed by atoms with van der Waals surface area (Å²) >= 11 is 0. The lowest BCUT2D eigenvalue weighted by Gasteiger charge is -2.31. The van der Waals surface area contributed by atoms with Crippen LogP contribution in [0, 0.1) is 5.92 Å². The van der Waals surface area contributed by atoms with E-state index in [0.717, 1.165) is 37.5 Å². The number of carbonyl (C=O) groups is 2. The second kappa shape index (κ2) is 8.45. The molecule has 1 fully saturated rings. The zero-order chi connectivity index (χ0) is 14.9. The number of hydrogen-bond acceptors (Lipinski definition) is 3. The highest BCUT2D eigenvalue weighted by atomic mass is 16.5. The van der Waals surface area contributed by atoms with E-state index in [4.69, 9.17) is 4.74 Å². The molecule has 0 heterocycles. The van der Waals surface area contributed by atoms with Gasteiger partial charge >= 0.3 is 6.09 Å². The molecule has 4 nitrogen and oxygen atoms in total. The second-order valence-corrected chi connectivity index (χ2v) is 5.60. The summed E-state index contributed by atoms with van der Waals surface area (Å²) in [6.45, 7) is 0.290. The largest absolute Gasteiger partial charge is 0.445 e. The highest BCUT2D eigenvalue weighted by Crippen LogP contribution is 2.27. The van der Waals surface area contributed by atoms with E-state index >= 15 is 0 Å². The predicted molar refractivity (Wildman–Crippen MR) is 80.8 cm³/mol.